The third-order valence-corrected chi connectivity index (χ3v) is 4.46. The van der Waals surface area contributed by atoms with Gasteiger partial charge in [-0.25, -0.2) is 9.97 Å². The van der Waals surface area contributed by atoms with Gasteiger partial charge in [-0.1, -0.05) is 20.8 Å². The Morgan fingerprint density at radius 2 is 2.20 bits per heavy atom. The Hall–Kier alpha value is -0.810. The Kier molecular flexibility index (Phi) is 6.10. The smallest absolute Gasteiger partial charge is 0.140 e. The van der Waals surface area contributed by atoms with E-state index in [2.05, 4.69) is 26.1 Å². The molecule has 0 fully saturated rings. The largest absolute Gasteiger partial charge is 0.376 e. The van der Waals surface area contributed by atoms with Crippen LogP contribution in [0.5, 0.6) is 0 Å². The maximum absolute atomic E-state index is 5.54. The fourth-order valence-electron chi connectivity index (χ4n) is 2.12. The van der Waals surface area contributed by atoms with E-state index >= 15 is 0 Å². The molecule has 4 nitrogen and oxygen atoms in total. The summed E-state index contributed by atoms with van der Waals surface area (Å²) >= 11 is 1.91. The maximum Gasteiger partial charge on any atom is 0.140 e. The first kappa shape index (κ1) is 15.6. The number of thioether (sulfide) groups is 1. The number of hydrogen-bond donors (Lipinski definition) is 1. The molecule has 1 N–H and O–H groups in total. The summed E-state index contributed by atoms with van der Waals surface area (Å²) in [6.07, 6.45) is 2.00. The van der Waals surface area contributed by atoms with E-state index < -0.39 is 0 Å². The molecule has 1 aliphatic heterocycles. The number of rotatable bonds is 7. The lowest BCUT2D eigenvalue weighted by atomic mass is 10.1. The average molecular weight is 295 g/mol. The molecule has 0 unspecified atom stereocenters. The summed E-state index contributed by atoms with van der Waals surface area (Å²) in [5.74, 6) is 4.70. The number of fused-ring (bicyclic) bond motifs is 1. The van der Waals surface area contributed by atoms with Crippen LogP contribution in [0.25, 0.3) is 0 Å². The standard InChI is InChI=1S/C15H25N3OS/c1-4-6-16-15-12-8-19-7-5-13(12)17-14(18-15)10-20-9-11(2)3/h11H,4-10H2,1-3H3,(H,16,17,18). The molecule has 0 spiro atoms. The topological polar surface area (TPSA) is 47.0 Å². The Morgan fingerprint density at radius 3 is 2.95 bits per heavy atom. The second-order valence-corrected chi connectivity index (χ2v) is 6.58. The van der Waals surface area contributed by atoms with E-state index in [0.717, 1.165) is 54.7 Å². The molecule has 0 aliphatic carbocycles. The maximum atomic E-state index is 5.54. The number of nitrogens with zero attached hydrogens (tertiary/aromatic N) is 2. The van der Waals surface area contributed by atoms with Gasteiger partial charge in [-0.15, -0.1) is 0 Å². The highest BCUT2D eigenvalue weighted by atomic mass is 32.2. The third kappa shape index (κ3) is 4.35. The van der Waals surface area contributed by atoms with Gasteiger partial charge in [-0.3, -0.25) is 0 Å². The normalized spacial score (nSPS) is 14.4. The quantitative estimate of drug-likeness (QED) is 0.836. The van der Waals surface area contributed by atoms with Gasteiger partial charge in [0.2, 0.25) is 0 Å². The summed E-state index contributed by atoms with van der Waals surface area (Å²) in [5.41, 5.74) is 2.33. The molecule has 0 atom stereocenters. The summed E-state index contributed by atoms with van der Waals surface area (Å²) < 4.78 is 5.54. The van der Waals surface area contributed by atoms with E-state index in [-0.39, 0.29) is 0 Å². The van der Waals surface area contributed by atoms with Crippen molar-refractivity contribution >= 4 is 17.6 Å². The summed E-state index contributed by atoms with van der Waals surface area (Å²) in [5, 5.41) is 3.42. The van der Waals surface area contributed by atoms with E-state index in [0.29, 0.717) is 12.5 Å². The summed E-state index contributed by atoms with van der Waals surface area (Å²) in [6.45, 7) is 9.01. The molecule has 0 radical (unpaired) electrons. The Morgan fingerprint density at radius 1 is 1.35 bits per heavy atom. The molecule has 5 heteroatoms. The zero-order chi connectivity index (χ0) is 14.4. The minimum Gasteiger partial charge on any atom is -0.376 e. The van der Waals surface area contributed by atoms with Crippen molar-refractivity contribution in [3.8, 4) is 0 Å². The minimum atomic E-state index is 0.640. The zero-order valence-electron chi connectivity index (χ0n) is 12.7. The Bertz CT molecular complexity index is 437. The molecule has 1 aromatic heterocycles. The molecule has 0 aromatic carbocycles. The average Bonchev–Trinajstić information content (AvgIpc) is 2.44. The number of aromatic nitrogens is 2. The van der Waals surface area contributed by atoms with Gasteiger partial charge in [0.25, 0.3) is 0 Å². The first-order chi connectivity index (χ1) is 9.70. The fraction of sp³-hybridized carbons (Fsp3) is 0.733. The second kappa shape index (κ2) is 7.84. The third-order valence-electron chi connectivity index (χ3n) is 3.09. The zero-order valence-corrected chi connectivity index (χ0v) is 13.6. The van der Waals surface area contributed by atoms with Crippen LogP contribution in [0.1, 0.15) is 44.3 Å². The molecule has 1 aliphatic rings. The monoisotopic (exact) mass is 295 g/mol. The van der Waals surface area contributed by atoms with Crippen molar-refractivity contribution in [1.29, 1.82) is 0 Å². The molecule has 112 valence electrons. The SMILES string of the molecule is CCCNc1nc(CSCC(C)C)nc2c1COCC2. The van der Waals surface area contributed by atoms with E-state index in [9.17, 15) is 0 Å². The lowest BCUT2D eigenvalue weighted by molar-refractivity contribution is 0.109. The molecular formula is C15H25N3OS. The highest BCUT2D eigenvalue weighted by Crippen LogP contribution is 2.24. The minimum absolute atomic E-state index is 0.640. The van der Waals surface area contributed by atoms with Crippen LogP contribution >= 0.6 is 11.8 Å². The summed E-state index contributed by atoms with van der Waals surface area (Å²) in [4.78, 5) is 9.42. The van der Waals surface area contributed by atoms with Crippen LogP contribution in [0.2, 0.25) is 0 Å². The van der Waals surface area contributed by atoms with Crippen molar-refractivity contribution in [3.05, 3.63) is 17.1 Å². The van der Waals surface area contributed by atoms with E-state index in [1.165, 1.54) is 5.69 Å². The predicted octanol–water partition coefficient (Wildman–Crippen LogP) is 3.26. The molecule has 20 heavy (non-hydrogen) atoms. The van der Waals surface area contributed by atoms with E-state index in [1.54, 1.807) is 0 Å². The Labute approximate surface area is 126 Å². The first-order valence-corrected chi connectivity index (χ1v) is 8.64. The van der Waals surface area contributed by atoms with Crippen LogP contribution in [0.4, 0.5) is 5.82 Å². The highest BCUT2D eigenvalue weighted by Gasteiger charge is 2.18. The molecule has 0 saturated carbocycles. The van der Waals surface area contributed by atoms with Crippen molar-refractivity contribution in [3.63, 3.8) is 0 Å². The van der Waals surface area contributed by atoms with Gasteiger partial charge in [0.15, 0.2) is 0 Å². The van der Waals surface area contributed by atoms with Crippen LogP contribution < -0.4 is 5.32 Å². The lowest BCUT2D eigenvalue weighted by Gasteiger charge is -2.20. The summed E-state index contributed by atoms with van der Waals surface area (Å²) in [7, 11) is 0. The van der Waals surface area contributed by atoms with E-state index in [4.69, 9.17) is 14.7 Å². The molecule has 0 amide bonds. The van der Waals surface area contributed by atoms with Crippen molar-refractivity contribution in [2.75, 3.05) is 24.2 Å². The van der Waals surface area contributed by atoms with Gasteiger partial charge in [-0.2, -0.15) is 11.8 Å². The molecular weight excluding hydrogens is 270 g/mol. The van der Waals surface area contributed by atoms with Gasteiger partial charge < -0.3 is 10.1 Å². The number of anilines is 1. The van der Waals surface area contributed by atoms with Crippen LogP contribution in [0.3, 0.4) is 0 Å². The van der Waals surface area contributed by atoms with Crippen LogP contribution in [-0.2, 0) is 23.5 Å². The molecule has 0 saturated heterocycles. The molecule has 2 rings (SSSR count). The van der Waals surface area contributed by atoms with Gasteiger partial charge in [0.05, 0.1) is 24.7 Å². The van der Waals surface area contributed by atoms with Crippen LogP contribution in [0.15, 0.2) is 0 Å². The molecule has 0 bridgehead atoms. The van der Waals surface area contributed by atoms with Crippen molar-refractivity contribution < 1.29 is 4.74 Å². The number of nitrogens with one attached hydrogen (secondary N) is 1. The van der Waals surface area contributed by atoms with Crippen molar-refractivity contribution in [2.45, 2.75) is 46.0 Å². The highest BCUT2D eigenvalue weighted by molar-refractivity contribution is 7.98. The first-order valence-electron chi connectivity index (χ1n) is 7.48. The van der Waals surface area contributed by atoms with Crippen molar-refractivity contribution in [1.82, 2.24) is 9.97 Å². The lowest BCUT2D eigenvalue weighted by Crippen LogP contribution is -2.18. The van der Waals surface area contributed by atoms with Crippen molar-refractivity contribution in [2.24, 2.45) is 5.92 Å². The van der Waals surface area contributed by atoms with Gasteiger partial charge in [0, 0.05) is 18.5 Å². The van der Waals surface area contributed by atoms with Gasteiger partial charge >= 0.3 is 0 Å². The van der Waals surface area contributed by atoms with Gasteiger partial charge in [0.1, 0.15) is 11.6 Å². The molecule has 1 aromatic rings. The predicted molar refractivity (Wildman–Crippen MR) is 85.2 cm³/mol. The van der Waals surface area contributed by atoms with Gasteiger partial charge in [-0.05, 0) is 18.1 Å². The second-order valence-electron chi connectivity index (χ2n) is 5.55. The van der Waals surface area contributed by atoms with Crippen LogP contribution in [0, 0.1) is 5.92 Å². The molecule has 2 heterocycles. The number of ether oxygens (including phenoxy) is 1. The fourth-order valence-corrected chi connectivity index (χ4v) is 3.02. The number of hydrogen-bond acceptors (Lipinski definition) is 5. The van der Waals surface area contributed by atoms with Crippen LogP contribution in [-0.4, -0.2) is 28.9 Å². The summed E-state index contributed by atoms with van der Waals surface area (Å²) in [6, 6.07) is 0. The van der Waals surface area contributed by atoms with E-state index in [1.807, 2.05) is 11.8 Å². The Balaban J connectivity index is 2.11.